The number of terminal acetylenes is 1. The second-order valence-electron chi connectivity index (χ2n) is 3.77. The molecule has 0 spiro atoms. The molecule has 1 aliphatic carbocycles. The summed E-state index contributed by atoms with van der Waals surface area (Å²) in [6.07, 6.45) is 7.85. The van der Waals surface area contributed by atoms with Crippen LogP contribution < -0.4 is 10.6 Å². The molecule has 0 bridgehead atoms. The lowest BCUT2D eigenvalue weighted by molar-refractivity contribution is 0.328. The van der Waals surface area contributed by atoms with Crippen LogP contribution in [0.15, 0.2) is 4.99 Å². The van der Waals surface area contributed by atoms with Gasteiger partial charge in [0.15, 0.2) is 5.96 Å². The van der Waals surface area contributed by atoms with E-state index >= 15 is 0 Å². The van der Waals surface area contributed by atoms with Crippen LogP contribution in [0.3, 0.4) is 0 Å². The highest BCUT2D eigenvalue weighted by atomic mass is 127. The Hall–Kier alpha value is -0.480. The van der Waals surface area contributed by atoms with Crippen LogP contribution in [0.2, 0.25) is 0 Å². The molecule has 0 aromatic carbocycles. The Kier molecular flexibility index (Phi) is 8.39. The van der Waals surface area contributed by atoms with Gasteiger partial charge < -0.3 is 15.5 Å². The molecule has 0 aliphatic heterocycles. The maximum absolute atomic E-state index is 5.15. The topological polar surface area (TPSA) is 39.7 Å². The van der Waals surface area contributed by atoms with Crippen LogP contribution in [0.5, 0.6) is 0 Å². The Balaban J connectivity index is 0.00000225. The third kappa shape index (κ3) is 6.18. The molecule has 0 amide bonds. The highest BCUT2D eigenvalue weighted by molar-refractivity contribution is 14.0. The molecule has 0 saturated heterocycles. The van der Waals surface area contributed by atoms with Gasteiger partial charge in [-0.05, 0) is 19.9 Å². The summed E-state index contributed by atoms with van der Waals surface area (Å²) in [4.78, 5) is 6.44. The SMILES string of the molecule is C#CCNC(=NC)NCCN(C)C1CC1.I. The van der Waals surface area contributed by atoms with Gasteiger partial charge in [-0.1, -0.05) is 5.92 Å². The molecular weight excluding hydrogens is 315 g/mol. The third-order valence-corrected chi connectivity index (χ3v) is 2.51. The van der Waals surface area contributed by atoms with Crippen molar-refractivity contribution in [3.8, 4) is 12.3 Å². The molecule has 1 rings (SSSR count). The normalized spacial score (nSPS) is 15.2. The molecule has 1 saturated carbocycles. The first-order valence-electron chi connectivity index (χ1n) is 5.36. The van der Waals surface area contributed by atoms with Crippen molar-refractivity contribution in [1.82, 2.24) is 15.5 Å². The zero-order valence-electron chi connectivity index (χ0n) is 9.99. The third-order valence-electron chi connectivity index (χ3n) is 2.51. The lowest BCUT2D eigenvalue weighted by Crippen LogP contribution is -2.41. The van der Waals surface area contributed by atoms with Crippen LogP contribution in [0.1, 0.15) is 12.8 Å². The van der Waals surface area contributed by atoms with Crippen LogP contribution in [-0.4, -0.2) is 50.6 Å². The van der Waals surface area contributed by atoms with Crippen molar-refractivity contribution in [2.75, 3.05) is 33.7 Å². The van der Waals surface area contributed by atoms with Gasteiger partial charge in [-0.3, -0.25) is 4.99 Å². The standard InChI is InChI=1S/C11H20N4.HI/c1-4-7-13-11(12-2)14-8-9-15(3)10-5-6-10;/h1,10H,5-9H2,2-3H3,(H2,12,13,14);1H. The van der Waals surface area contributed by atoms with E-state index in [4.69, 9.17) is 6.42 Å². The zero-order valence-corrected chi connectivity index (χ0v) is 12.3. The molecule has 0 aromatic heterocycles. The second-order valence-corrected chi connectivity index (χ2v) is 3.77. The molecule has 0 radical (unpaired) electrons. The zero-order chi connectivity index (χ0) is 11.1. The highest BCUT2D eigenvalue weighted by Crippen LogP contribution is 2.24. The van der Waals surface area contributed by atoms with Gasteiger partial charge in [-0.2, -0.15) is 0 Å². The van der Waals surface area contributed by atoms with E-state index < -0.39 is 0 Å². The fraction of sp³-hybridized carbons (Fsp3) is 0.727. The molecule has 92 valence electrons. The Morgan fingerprint density at radius 1 is 1.50 bits per heavy atom. The number of guanidine groups is 1. The Bertz CT molecular complexity index is 255. The number of aliphatic imine (C=N–C) groups is 1. The predicted molar refractivity (Wildman–Crippen MR) is 79.3 cm³/mol. The van der Waals surface area contributed by atoms with Crippen molar-refractivity contribution in [3.05, 3.63) is 0 Å². The number of hydrogen-bond donors (Lipinski definition) is 2. The highest BCUT2D eigenvalue weighted by Gasteiger charge is 2.25. The lowest BCUT2D eigenvalue weighted by Gasteiger charge is -2.17. The smallest absolute Gasteiger partial charge is 0.191 e. The van der Waals surface area contributed by atoms with Crippen molar-refractivity contribution in [2.24, 2.45) is 4.99 Å². The van der Waals surface area contributed by atoms with Gasteiger partial charge in [-0.15, -0.1) is 30.4 Å². The van der Waals surface area contributed by atoms with Crippen molar-refractivity contribution in [2.45, 2.75) is 18.9 Å². The Morgan fingerprint density at radius 2 is 2.19 bits per heavy atom. The Morgan fingerprint density at radius 3 is 2.69 bits per heavy atom. The number of rotatable bonds is 5. The second kappa shape index (κ2) is 8.65. The fourth-order valence-corrected chi connectivity index (χ4v) is 1.40. The van der Waals surface area contributed by atoms with E-state index in [0.29, 0.717) is 6.54 Å². The summed E-state index contributed by atoms with van der Waals surface area (Å²) in [6, 6.07) is 0.812. The summed E-state index contributed by atoms with van der Waals surface area (Å²) < 4.78 is 0. The summed E-state index contributed by atoms with van der Waals surface area (Å²) in [5, 5.41) is 6.24. The van der Waals surface area contributed by atoms with Crippen LogP contribution in [0.25, 0.3) is 0 Å². The number of nitrogens with one attached hydrogen (secondary N) is 2. The maximum Gasteiger partial charge on any atom is 0.191 e. The predicted octanol–water partition coefficient (Wildman–Crippen LogP) is 0.497. The number of likely N-dealkylation sites (N-methyl/N-ethyl adjacent to an activating group) is 1. The summed E-state index contributed by atoms with van der Waals surface area (Å²) in [5.74, 6) is 3.29. The quantitative estimate of drug-likeness (QED) is 0.332. The molecule has 5 heteroatoms. The molecule has 0 aromatic rings. The van der Waals surface area contributed by atoms with E-state index in [9.17, 15) is 0 Å². The monoisotopic (exact) mass is 336 g/mol. The van der Waals surface area contributed by atoms with Crippen molar-refractivity contribution in [1.29, 1.82) is 0 Å². The van der Waals surface area contributed by atoms with Crippen molar-refractivity contribution >= 4 is 29.9 Å². The Labute approximate surface area is 115 Å². The van der Waals surface area contributed by atoms with Crippen LogP contribution >= 0.6 is 24.0 Å². The summed E-state index contributed by atoms with van der Waals surface area (Å²) in [5.41, 5.74) is 0. The van der Waals surface area contributed by atoms with Gasteiger partial charge in [0.1, 0.15) is 0 Å². The number of hydrogen-bond acceptors (Lipinski definition) is 2. The summed E-state index contributed by atoms with van der Waals surface area (Å²) in [7, 11) is 3.91. The first-order valence-corrected chi connectivity index (χ1v) is 5.36. The molecule has 0 heterocycles. The number of nitrogens with zero attached hydrogens (tertiary/aromatic N) is 2. The van der Waals surface area contributed by atoms with E-state index in [1.54, 1.807) is 7.05 Å². The van der Waals surface area contributed by atoms with Crippen LogP contribution in [0.4, 0.5) is 0 Å². The van der Waals surface area contributed by atoms with E-state index in [1.807, 2.05) is 0 Å². The van der Waals surface area contributed by atoms with Crippen molar-refractivity contribution < 1.29 is 0 Å². The molecule has 1 fully saturated rings. The van der Waals surface area contributed by atoms with E-state index in [-0.39, 0.29) is 24.0 Å². The number of halogens is 1. The van der Waals surface area contributed by atoms with E-state index in [1.165, 1.54) is 12.8 Å². The van der Waals surface area contributed by atoms with Gasteiger partial charge in [0.25, 0.3) is 0 Å². The van der Waals surface area contributed by atoms with Gasteiger partial charge in [0, 0.05) is 26.2 Å². The van der Waals surface area contributed by atoms with E-state index in [2.05, 4.69) is 33.5 Å². The molecule has 16 heavy (non-hydrogen) atoms. The average Bonchev–Trinajstić information content (AvgIpc) is 3.06. The van der Waals surface area contributed by atoms with E-state index in [0.717, 1.165) is 25.1 Å². The molecule has 0 atom stereocenters. The van der Waals surface area contributed by atoms with Crippen molar-refractivity contribution in [3.63, 3.8) is 0 Å². The molecule has 4 nitrogen and oxygen atoms in total. The first-order chi connectivity index (χ1) is 7.27. The molecular formula is C11H21IN4. The van der Waals surface area contributed by atoms with Gasteiger partial charge in [0.05, 0.1) is 6.54 Å². The van der Waals surface area contributed by atoms with Gasteiger partial charge in [0.2, 0.25) is 0 Å². The molecule has 2 N–H and O–H groups in total. The molecule has 1 aliphatic rings. The minimum Gasteiger partial charge on any atom is -0.355 e. The van der Waals surface area contributed by atoms with Gasteiger partial charge >= 0.3 is 0 Å². The fourth-order valence-electron chi connectivity index (χ4n) is 1.40. The maximum atomic E-state index is 5.15. The van der Waals surface area contributed by atoms with Crippen LogP contribution in [0, 0.1) is 12.3 Å². The van der Waals surface area contributed by atoms with Crippen LogP contribution in [-0.2, 0) is 0 Å². The minimum absolute atomic E-state index is 0. The summed E-state index contributed by atoms with van der Waals surface area (Å²) >= 11 is 0. The summed E-state index contributed by atoms with van der Waals surface area (Å²) in [6.45, 7) is 2.46. The lowest BCUT2D eigenvalue weighted by atomic mass is 10.5. The average molecular weight is 336 g/mol. The largest absolute Gasteiger partial charge is 0.355 e. The first kappa shape index (κ1) is 15.5. The van der Waals surface area contributed by atoms with Gasteiger partial charge in [-0.25, -0.2) is 0 Å². The molecule has 0 unspecified atom stereocenters. The minimum atomic E-state index is 0.